The van der Waals surface area contributed by atoms with Crippen LogP contribution in [0.25, 0.3) is 0 Å². The van der Waals surface area contributed by atoms with Crippen molar-refractivity contribution in [3.05, 3.63) is 0 Å². The van der Waals surface area contributed by atoms with E-state index in [1.807, 2.05) is 0 Å². The molecule has 0 spiro atoms. The largest absolute Gasteiger partial charge is 0.328 e. The van der Waals surface area contributed by atoms with Gasteiger partial charge in [0.25, 0.3) is 5.97 Å². The molecule has 0 N–H and O–H groups in total. The Bertz CT molecular complexity index is 691. The first-order chi connectivity index (χ1) is 26.3. The molecule has 4 heteroatoms. The van der Waals surface area contributed by atoms with Crippen LogP contribution in [0.15, 0.2) is 0 Å². The normalized spacial score (nSPS) is 13.4. The zero-order valence-electron chi connectivity index (χ0n) is 39.2. The van der Waals surface area contributed by atoms with E-state index in [2.05, 4.69) is 74.1 Å². The van der Waals surface area contributed by atoms with Crippen molar-refractivity contribution in [3.8, 4) is 0 Å². The summed E-state index contributed by atoms with van der Waals surface area (Å²) in [5, 5.41) is 0. The van der Waals surface area contributed by atoms with E-state index in [1.165, 1.54) is 193 Å². The average Bonchev–Trinajstić information content (AvgIpc) is 3.19. The first-order valence-corrected chi connectivity index (χ1v) is 24.9. The van der Waals surface area contributed by atoms with Gasteiger partial charge >= 0.3 is 0 Å². The fourth-order valence-electron chi connectivity index (χ4n) is 9.42. The van der Waals surface area contributed by atoms with Crippen molar-refractivity contribution in [2.75, 3.05) is 39.5 Å². The fourth-order valence-corrected chi connectivity index (χ4v) is 9.42. The minimum Gasteiger partial charge on any atom is -0.328 e. The predicted octanol–water partition coefficient (Wildman–Crippen LogP) is 16.5. The van der Waals surface area contributed by atoms with Gasteiger partial charge in [0.2, 0.25) is 0 Å². The highest BCUT2D eigenvalue weighted by Gasteiger charge is 2.41. The van der Waals surface area contributed by atoms with Crippen molar-refractivity contribution in [2.24, 2.45) is 16.7 Å². The number of ether oxygens (including phenoxy) is 3. The number of nitrogens with zero attached hydrogens (tertiary/aromatic N) is 1. The zero-order chi connectivity index (χ0) is 40.2. The van der Waals surface area contributed by atoms with Crippen molar-refractivity contribution < 1.29 is 14.2 Å². The molecule has 0 rings (SSSR count). The van der Waals surface area contributed by atoms with Gasteiger partial charge in [-0.3, -0.25) is 0 Å². The molecular formula is C50H103NO3. The standard InChI is InChI=1S/C50H103NO3/c1-11-21-22-23-30-35-40-47(50(52-18-8,53-19-9)54-20-10)41-46-51(44-38-33-28-24-26-31-36-42-48(12-2,13-3)14-4)45-39-34-29-25-27-32-37-43-49(15-5,16-6)17-7/h47H,11-46H2,1-10H3. The Kier molecular flexibility index (Phi) is 35.9. The maximum atomic E-state index is 6.42. The summed E-state index contributed by atoms with van der Waals surface area (Å²) in [6.07, 6.45) is 40.6. The first kappa shape index (κ1) is 53.8. The average molecular weight is 766 g/mol. The van der Waals surface area contributed by atoms with Crippen molar-refractivity contribution in [2.45, 2.75) is 268 Å². The monoisotopic (exact) mass is 766 g/mol. The second kappa shape index (κ2) is 36.0. The summed E-state index contributed by atoms with van der Waals surface area (Å²) < 4.78 is 19.3. The van der Waals surface area contributed by atoms with Gasteiger partial charge in [0.05, 0.1) is 0 Å². The molecule has 0 radical (unpaired) electrons. The summed E-state index contributed by atoms with van der Waals surface area (Å²) in [6, 6.07) is 0. The molecule has 0 aliphatic rings. The van der Waals surface area contributed by atoms with E-state index in [0.29, 0.717) is 30.7 Å². The minimum absolute atomic E-state index is 0.254. The predicted molar refractivity (Wildman–Crippen MR) is 241 cm³/mol. The SMILES string of the molecule is CCCCCCCCC(CCN(CCCCCCCCCC(CC)(CC)CC)CCCCCCCCCC(CC)(CC)CC)C(OCC)(OCC)OCC. The Hall–Kier alpha value is -0.160. The molecule has 0 saturated heterocycles. The Labute approximate surface area is 342 Å². The summed E-state index contributed by atoms with van der Waals surface area (Å²) in [6.45, 7) is 28.4. The molecule has 0 aromatic rings. The van der Waals surface area contributed by atoms with Gasteiger partial charge in [-0.1, -0.05) is 203 Å². The van der Waals surface area contributed by atoms with E-state index in [1.54, 1.807) is 0 Å². The van der Waals surface area contributed by atoms with Gasteiger partial charge in [-0.15, -0.1) is 0 Å². The molecule has 0 aliphatic heterocycles. The third-order valence-corrected chi connectivity index (χ3v) is 14.1. The van der Waals surface area contributed by atoms with Crippen LogP contribution in [0.1, 0.15) is 262 Å². The Balaban J connectivity index is 5.21. The van der Waals surface area contributed by atoms with Crippen LogP contribution in [-0.4, -0.2) is 50.3 Å². The molecular weight excluding hydrogens is 663 g/mol. The molecule has 0 aliphatic carbocycles. The maximum absolute atomic E-state index is 6.42. The Morgan fingerprint density at radius 2 is 0.685 bits per heavy atom. The van der Waals surface area contributed by atoms with Crippen LogP contribution in [-0.2, 0) is 14.2 Å². The zero-order valence-corrected chi connectivity index (χ0v) is 39.2. The molecule has 54 heavy (non-hydrogen) atoms. The van der Waals surface area contributed by atoms with Gasteiger partial charge in [-0.05, 0) is 89.8 Å². The lowest BCUT2D eigenvalue weighted by Crippen LogP contribution is -2.48. The molecule has 0 heterocycles. The molecule has 326 valence electrons. The second-order valence-corrected chi connectivity index (χ2v) is 17.4. The summed E-state index contributed by atoms with van der Waals surface area (Å²) in [5.41, 5.74) is 1.21. The van der Waals surface area contributed by atoms with E-state index in [-0.39, 0.29) is 5.92 Å². The Morgan fingerprint density at radius 1 is 0.352 bits per heavy atom. The second-order valence-electron chi connectivity index (χ2n) is 17.4. The van der Waals surface area contributed by atoms with Crippen LogP contribution in [0, 0.1) is 16.7 Å². The molecule has 0 bridgehead atoms. The van der Waals surface area contributed by atoms with Gasteiger partial charge in [-0.2, -0.15) is 0 Å². The van der Waals surface area contributed by atoms with Crippen LogP contribution >= 0.6 is 0 Å². The van der Waals surface area contributed by atoms with Crippen LogP contribution < -0.4 is 0 Å². The van der Waals surface area contributed by atoms with Crippen molar-refractivity contribution in [1.29, 1.82) is 0 Å². The molecule has 4 nitrogen and oxygen atoms in total. The summed E-state index contributed by atoms with van der Waals surface area (Å²) >= 11 is 0. The van der Waals surface area contributed by atoms with E-state index in [4.69, 9.17) is 14.2 Å². The highest BCUT2D eigenvalue weighted by atomic mass is 16.9. The van der Waals surface area contributed by atoms with Crippen LogP contribution in [0.5, 0.6) is 0 Å². The smallest absolute Gasteiger partial charge is 0.285 e. The topological polar surface area (TPSA) is 30.9 Å². The third kappa shape index (κ3) is 23.9. The Morgan fingerprint density at radius 3 is 1.04 bits per heavy atom. The lowest BCUT2D eigenvalue weighted by atomic mass is 9.75. The highest BCUT2D eigenvalue weighted by Crippen LogP contribution is 2.37. The number of unbranched alkanes of at least 4 members (excludes halogenated alkanes) is 17. The van der Waals surface area contributed by atoms with E-state index < -0.39 is 5.97 Å². The van der Waals surface area contributed by atoms with E-state index in [9.17, 15) is 0 Å². The van der Waals surface area contributed by atoms with Crippen LogP contribution in [0.4, 0.5) is 0 Å². The lowest BCUT2D eigenvalue weighted by molar-refractivity contribution is -0.403. The van der Waals surface area contributed by atoms with Crippen LogP contribution in [0.2, 0.25) is 0 Å². The van der Waals surface area contributed by atoms with E-state index >= 15 is 0 Å². The van der Waals surface area contributed by atoms with Crippen molar-refractivity contribution in [3.63, 3.8) is 0 Å². The minimum atomic E-state index is -0.913. The van der Waals surface area contributed by atoms with Crippen molar-refractivity contribution >= 4 is 0 Å². The van der Waals surface area contributed by atoms with Gasteiger partial charge in [-0.25, -0.2) is 0 Å². The van der Waals surface area contributed by atoms with Crippen LogP contribution in [0.3, 0.4) is 0 Å². The van der Waals surface area contributed by atoms with Crippen molar-refractivity contribution in [1.82, 2.24) is 4.90 Å². The quantitative estimate of drug-likeness (QED) is 0.0457. The summed E-state index contributed by atoms with van der Waals surface area (Å²) in [4.78, 5) is 2.81. The maximum Gasteiger partial charge on any atom is 0.285 e. The van der Waals surface area contributed by atoms with Gasteiger partial charge in [0.1, 0.15) is 0 Å². The molecule has 0 fully saturated rings. The molecule has 0 aromatic carbocycles. The number of hydrogen-bond donors (Lipinski definition) is 0. The number of hydrogen-bond acceptors (Lipinski definition) is 4. The van der Waals surface area contributed by atoms with Gasteiger partial charge in [0.15, 0.2) is 0 Å². The number of rotatable bonds is 43. The molecule has 0 amide bonds. The lowest BCUT2D eigenvalue weighted by Gasteiger charge is -2.40. The molecule has 0 aromatic heterocycles. The molecule has 0 saturated carbocycles. The van der Waals surface area contributed by atoms with E-state index in [0.717, 1.165) is 19.4 Å². The summed E-state index contributed by atoms with van der Waals surface area (Å²) in [7, 11) is 0. The van der Waals surface area contributed by atoms with Gasteiger partial charge in [0, 0.05) is 25.7 Å². The fraction of sp³-hybridized carbons (Fsp3) is 1.00. The molecule has 1 atom stereocenters. The third-order valence-electron chi connectivity index (χ3n) is 14.1. The summed E-state index contributed by atoms with van der Waals surface area (Å²) in [5.74, 6) is -0.659. The molecule has 1 unspecified atom stereocenters. The highest BCUT2D eigenvalue weighted by molar-refractivity contribution is 4.77. The van der Waals surface area contributed by atoms with Gasteiger partial charge < -0.3 is 19.1 Å². The first-order valence-electron chi connectivity index (χ1n) is 24.9.